The predicted molar refractivity (Wildman–Crippen MR) is 64.6 cm³/mol. The Morgan fingerprint density at radius 1 is 1.39 bits per heavy atom. The average Bonchev–Trinajstić information content (AvgIpc) is 2.82. The third kappa shape index (κ3) is 2.87. The molecule has 18 heavy (non-hydrogen) atoms. The van der Waals surface area contributed by atoms with Gasteiger partial charge in [-0.3, -0.25) is 24.6 Å². The first-order chi connectivity index (χ1) is 8.58. The highest BCUT2D eigenvalue weighted by atomic mass is 16.2. The number of piperazine rings is 1. The molecule has 2 aliphatic rings. The van der Waals surface area contributed by atoms with E-state index < -0.39 is 6.04 Å². The van der Waals surface area contributed by atoms with Gasteiger partial charge < -0.3 is 5.32 Å². The van der Waals surface area contributed by atoms with E-state index in [-0.39, 0.29) is 36.9 Å². The standard InChI is InChI=1S/C12H19N3O3/c1-8-12(18)15(11(17)6-13-8)7-10(16)14-9-4-2-3-5-9/h8-9,13H,2-7H2,1H3,(H,14,16). The summed E-state index contributed by atoms with van der Waals surface area (Å²) in [6, 6.07) is -0.190. The van der Waals surface area contributed by atoms with Gasteiger partial charge in [-0.25, -0.2) is 0 Å². The van der Waals surface area contributed by atoms with Crippen molar-refractivity contribution < 1.29 is 14.4 Å². The van der Waals surface area contributed by atoms with Crippen LogP contribution in [0.25, 0.3) is 0 Å². The summed E-state index contributed by atoms with van der Waals surface area (Å²) in [5.41, 5.74) is 0. The Labute approximate surface area is 106 Å². The number of hydrogen-bond donors (Lipinski definition) is 2. The molecule has 100 valence electrons. The summed E-state index contributed by atoms with van der Waals surface area (Å²) < 4.78 is 0. The zero-order valence-corrected chi connectivity index (χ0v) is 10.6. The van der Waals surface area contributed by atoms with Crippen LogP contribution in [0.3, 0.4) is 0 Å². The summed E-state index contributed by atoms with van der Waals surface area (Å²) >= 11 is 0. The van der Waals surface area contributed by atoms with Crippen molar-refractivity contribution in [3.8, 4) is 0 Å². The van der Waals surface area contributed by atoms with Crippen LogP contribution in [0.2, 0.25) is 0 Å². The minimum atomic E-state index is -0.401. The smallest absolute Gasteiger partial charge is 0.246 e. The summed E-state index contributed by atoms with van der Waals surface area (Å²) in [4.78, 5) is 36.2. The number of carbonyl (C=O) groups excluding carboxylic acids is 3. The van der Waals surface area contributed by atoms with Gasteiger partial charge in [-0.15, -0.1) is 0 Å². The molecule has 2 N–H and O–H groups in total. The summed E-state index contributed by atoms with van der Waals surface area (Å²) in [7, 11) is 0. The highest BCUT2D eigenvalue weighted by molar-refractivity contribution is 6.03. The second-order valence-electron chi connectivity index (χ2n) is 4.97. The molecular weight excluding hydrogens is 234 g/mol. The normalized spacial score (nSPS) is 25.6. The van der Waals surface area contributed by atoms with Gasteiger partial charge >= 0.3 is 0 Å². The molecule has 6 nitrogen and oxygen atoms in total. The third-order valence-corrected chi connectivity index (χ3v) is 3.52. The molecule has 1 aliphatic heterocycles. The molecule has 0 spiro atoms. The molecule has 1 heterocycles. The maximum Gasteiger partial charge on any atom is 0.246 e. The lowest BCUT2D eigenvalue weighted by Gasteiger charge is -2.29. The largest absolute Gasteiger partial charge is 0.352 e. The van der Waals surface area contributed by atoms with Gasteiger partial charge in [0.15, 0.2) is 0 Å². The van der Waals surface area contributed by atoms with Crippen LogP contribution in [0.15, 0.2) is 0 Å². The molecular formula is C12H19N3O3. The van der Waals surface area contributed by atoms with Crippen molar-refractivity contribution in [2.45, 2.75) is 44.7 Å². The molecule has 0 aromatic heterocycles. The second-order valence-corrected chi connectivity index (χ2v) is 4.97. The van der Waals surface area contributed by atoms with Crippen LogP contribution >= 0.6 is 0 Å². The molecule has 1 aliphatic carbocycles. The molecule has 6 heteroatoms. The maximum absolute atomic E-state index is 11.8. The maximum atomic E-state index is 11.8. The van der Waals surface area contributed by atoms with Crippen LogP contribution in [0.1, 0.15) is 32.6 Å². The summed E-state index contributed by atoms with van der Waals surface area (Å²) in [5, 5.41) is 5.66. The number of amides is 3. The van der Waals surface area contributed by atoms with Crippen LogP contribution in [0, 0.1) is 0 Å². The lowest BCUT2D eigenvalue weighted by molar-refractivity contribution is -0.151. The van der Waals surface area contributed by atoms with Gasteiger partial charge in [-0.1, -0.05) is 12.8 Å². The lowest BCUT2D eigenvalue weighted by atomic mass is 10.2. The molecule has 1 saturated heterocycles. The summed E-state index contributed by atoms with van der Waals surface area (Å²) in [6.07, 6.45) is 4.25. The zero-order chi connectivity index (χ0) is 13.1. The fraction of sp³-hybridized carbons (Fsp3) is 0.750. The van der Waals surface area contributed by atoms with E-state index in [1.54, 1.807) is 6.92 Å². The van der Waals surface area contributed by atoms with E-state index >= 15 is 0 Å². The van der Waals surface area contributed by atoms with Crippen molar-refractivity contribution in [1.29, 1.82) is 0 Å². The Kier molecular flexibility index (Phi) is 3.96. The van der Waals surface area contributed by atoms with Gasteiger partial charge in [-0.2, -0.15) is 0 Å². The fourth-order valence-corrected chi connectivity index (χ4v) is 2.43. The van der Waals surface area contributed by atoms with E-state index in [0.29, 0.717) is 0 Å². The molecule has 1 saturated carbocycles. The van der Waals surface area contributed by atoms with E-state index in [9.17, 15) is 14.4 Å². The van der Waals surface area contributed by atoms with Crippen LogP contribution < -0.4 is 10.6 Å². The minimum Gasteiger partial charge on any atom is -0.352 e. The van der Waals surface area contributed by atoms with Gasteiger partial charge in [0.25, 0.3) is 0 Å². The Hall–Kier alpha value is -1.43. The van der Waals surface area contributed by atoms with Crippen LogP contribution in [0.4, 0.5) is 0 Å². The first-order valence-corrected chi connectivity index (χ1v) is 6.45. The molecule has 1 unspecified atom stereocenters. The van der Waals surface area contributed by atoms with Crippen molar-refractivity contribution in [2.75, 3.05) is 13.1 Å². The highest BCUT2D eigenvalue weighted by Gasteiger charge is 2.32. The quantitative estimate of drug-likeness (QED) is 0.658. The minimum absolute atomic E-state index is 0.115. The van der Waals surface area contributed by atoms with Gasteiger partial charge in [0.1, 0.15) is 6.54 Å². The van der Waals surface area contributed by atoms with Crippen LogP contribution in [-0.2, 0) is 14.4 Å². The number of hydrogen-bond acceptors (Lipinski definition) is 4. The molecule has 2 rings (SSSR count). The first kappa shape index (κ1) is 13.0. The number of carbonyl (C=O) groups is 3. The first-order valence-electron chi connectivity index (χ1n) is 6.45. The second kappa shape index (κ2) is 5.48. The molecule has 1 atom stereocenters. The van der Waals surface area contributed by atoms with Gasteiger partial charge in [0.2, 0.25) is 17.7 Å². The van der Waals surface area contributed by atoms with Crippen molar-refractivity contribution in [3.05, 3.63) is 0 Å². The van der Waals surface area contributed by atoms with Crippen molar-refractivity contribution in [2.24, 2.45) is 0 Å². The number of imide groups is 1. The van der Waals surface area contributed by atoms with Gasteiger partial charge in [-0.05, 0) is 19.8 Å². The Morgan fingerprint density at radius 2 is 2.06 bits per heavy atom. The average molecular weight is 253 g/mol. The van der Waals surface area contributed by atoms with E-state index in [1.165, 1.54) is 0 Å². The van der Waals surface area contributed by atoms with E-state index in [4.69, 9.17) is 0 Å². The van der Waals surface area contributed by atoms with Gasteiger partial charge in [0.05, 0.1) is 12.6 Å². The summed E-state index contributed by atoms with van der Waals surface area (Å²) in [5.74, 6) is -0.898. The summed E-state index contributed by atoms with van der Waals surface area (Å²) in [6.45, 7) is 1.65. The highest BCUT2D eigenvalue weighted by Crippen LogP contribution is 2.17. The zero-order valence-electron chi connectivity index (χ0n) is 10.6. The van der Waals surface area contributed by atoms with Crippen molar-refractivity contribution in [1.82, 2.24) is 15.5 Å². The Balaban J connectivity index is 1.88. The Bertz CT molecular complexity index is 364. The van der Waals surface area contributed by atoms with Crippen molar-refractivity contribution in [3.63, 3.8) is 0 Å². The molecule has 0 aromatic rings. The van der Waals surface area contributed by atoms with E-state index in [1.807, 2.05) is 0 Å². The van der Waals surface area contributed by atoms with Gasteiger partial charge in [0, 0.05) is 6.04 Å². The van der Waals surface area contributed by atoms with E-state index in [0.717, 1.165) is 30.6 Å². The number of nitrogens with zero attached hydrogens (tertiary/aromatic N) is 1. The number of nitrogens with one attached hydrogen (secondary N) is 2. The molecule has 3 amide bonds. The lowest BCUT2D eigenvalue weighted by Crippen LogP contribution is -2.59. The molecule has 2 fully saturated rings. The predicted octanol–water partition coefficient (Wildman–Crippen LogP) is -0.608. The van der Waals surface area contributed by atoms with Crippen LogP contribution in [-0.4, -0.2) is 47.8 Å². The van der Waals surface area contributed by atoms with Crippen molar-refractivity contribution >= 4 is 17.7 Å². The SMILES string of the molecule is CC1NCC(=O)N(CC(=O)NC2CCCC2)C1=O. The van der Waals surface area contributed by atoms with E-state index in [2.05, 4.69) is 10.6 Å². The topological polar surface area (TPSA) is 78.5 Å². The third-order valence-electron chi connectivity index (χ3n) is 3.52. The molecule has 0 bridgehead atoms. The molecule has 0 aromatic carbocycles. The Morgan fingerprint density at radius 3 is 2.72 bits per heavy atom. The monoisotopic (exact) mass is 253 g/mol. The molecule has 0 radical (unpaired) electrons. The van der Waals surface area contributed by atoms with Crippen LogP contribution in [0.5, 0.6) is 0 Å². The fourth-order valence-electron chi connectivity index (χ4n) is 2.43. The number of rotatable bonds is 3.